The van der Waals surface area contributed by atoms with E-state index in [0.717, 1.165) is 6.20 Å². The molecule has 1 N–H and O–H groups in total. The quantitative estimate of drug-likeness (QED) is 0.667. The SMILES string of the molecule is O=C(O)c1c(CBr)cnc(C(F)F)c1OC(F)(F)F. The number of ether oxygens (including phenoxy) is 1. The molecule has 0 bridgehead atoms. The average Bonchev–Trinajstić information content (AvgIpc) is 2.25. The molecule has 19 heavy (non-hydrogen) atoms. The lowest BCUT2D eigenvalue weighted by atomic mass is 10.1. The molecule has 0 aliphatic rings. The van der Waals surface area contributed by atoms with Crippen LogP contribution in [0.3, 0.4) is 0 Å². The summed E-state index contributed by atoms with van der Waals surface area (Å²) >= 11 is 2.82. The minimum absolute atomic E-state index is 0.181. The molecule has 1 rings (SSSR count). The second kappa shape index (κ2) is 5.68. The molecule has 0 spiro atoms. The van der Waals surface area contributed by atoms with E-state index in [1.54, 1.807) is 0 Å². The number of nitrogens with zero attached hydrogens (tertiary/aromatic N) is 1. The summed E-state index contributed by atoms with van der Waals surface area (Å²) in [6, 6.07) is 0. The van der Waals surface area contributed by atoms with E-state index in [-0.39, 0.29) is 10.9 Å². The lowest BCUT2D eigenvalue weighted by Gasteiger charge is -2.16. The van der Waals surface area contributed by atoms with Crippen molar-refractivity contribution in [1.82, 2.24) is 4.98 Å². The third-order valence-corrected chi connectivity index (χ3v) is 2.53. The lowest BCUT2D eigenvalue weighted by molar-refractivity contribution is -0.275. The first-order chi connectivity index (χ1) is 8.67. The van der Waals surface area contributed by atoms with Gasteiger partial charge in [0.05, 0.1) is 0 Å². The number of carboxylic acids is 1. The molecule has 0 atom stereocenters. The Morgan fingerprint density at radius 2 is 2.05 bits per heavy atom. The van der Waals surface area contributed by atoms with Crippen molar-refractivity contribution in [1.29, 1.82) is 0 Å². The first-order valence-corrected chi connectivity index (χ1v) is 5.64. The van der Waals surface area contributed by atoms with Crippen LogP contribution in [0, 0.1) is 0 Å². The fraction of sp³-hybridized carbons (Fsp3) is 0.333. The summed E-state index contributed by atoms with van der Waals surface area (Å²) in [5.74, 6) is -3.31. The van der Waals surface area contributed by atoms with E-state index in [4.69, 9.17) is 5.11 Å². The monoisotopic (exact) mass is 349 g/mol. The lowest BCUT2D eigenvalue weighted by Crippen LogP contribution is -2.21. The van der Waals surface area contributed by atoms with Gasteiger partial charge in [0, 0.05) is 11.5 Å². The van der Waals surface area contributed by atoms with Gasteiger partial charge in [-0.2, -0.15) is 0 Å². The van der Waals surface area contributed by atoms with Gasteiger partial charge in [0.15, 0.2) is 5.75 Å². The molecule has 0 amide bonds. The molecular weight excluding hydrogens is 345 g/mol. The summed E-state index contributed by atoms with van der Waals surface area (Å²) in [5, 5.41) is 8.66. The number of hydrogen-bond acceptors (Lipinski definition) is 3. The van der Waals surface area contributed by atoms with Crippen LogP contribution in [0.15, 0.2) is 6.20 Å². The zero-order valence-corrected chi connectivity index (χ0v) is 10.4. The second-order valence-corrected chi connectivity index (χ2v) is 3.72. The van der Waals surface area contributed by atoms with Crippen molar-refractivity contribution in [3.8, 4) is 5.75 Å². The molecule has 0 saturated heterocycles. The Balaban J connectivity index is 3.53. The van der Waals surface area contributed by atoms with E-state index in [0.29, 0.717) is 0 Å². The molecule has 0 saturated carbocycles. The second-order valence-electron chi connectivity index (χ2n) is 3.16. The number of hydrogen-bond donors (Lipinski definition) is 1. The zero-order valence-electron chi connectivity index (χ0n) is 8.84. The van der Waals surface area contributed by atoms with Crippen LogP contribution in [0.5, 0.6) is 5.75 Å². The van der Waals surface area contributed by atoms with Crippen LogP contribution in [-0.4, -0.2) is 22.4 Å². The van der Waals surface area contributed by atoms with Gasteiger partial charge in [0.25, 0.3) is 6.43 Å². The highest BCUT2D eigenvalue weighted by Gasteiger charge is 2.37. The molecular formula is C9H5BrF5NO3. The molecule has 0 unspecified atom stereocenters. The van der Waals surface area contributed by atoms with Crippen molar-refractivity contribution in [3.05, 3.63) is 23.0 Å². The fourth-order valence-corrected chi connectivity index (χ4v) is 1.68. The molecule has 4 nitrogen and oxygen atoms in total. The Morgan fingerprint density at radius 1 is 1.47 bits per heavy atom. The zero-order chi connectivity index (χ0) is 14.8. The number of pyridine rings is 1. The number of carboxylic acid groups (broad SMARTS) is 1. The van der Waals surface area contributed by atoms with Gasteiger partial charge in [0.2, 0.25) is 0 Å². The molecule has 1 aromatic heterocycles. The fourth-order valence-electron chi connectivity index (χ4n) is 1.25. The highest BCUT2D eigenvalue weighted by molar-refractivity contribution is 9.08. The van der Waals surface area contributed by atoms with E-state index < -0.39 is 35.8 Å². The maximum Gasteiger partial charge on any atom is 0.573 e. The first kappa shape index (κ1) is 15.6. The molecule has 106 valence electrons. The third kappa shape index (κ3) is 3.75. The summed E-state index contributed by atoms with van der Waals surface area (Å²) in [4.78, 5) is 14.0. The molecule has 10 heteroatoms. The predicted octanol–water partition coefficient (Wildman–Crippen LogP) is 3.51. The number of rotatable bonds is 4. The first-order valence-electron chi connectivity index (χ1n) is 4.52. The van der Waals surface area contributed by atoms with Gasteiger partial charge < -0.3 is 9.84 Å². The van der Waals surface area contributed by atoms with Gasteiger partial charge in [-0.25, -0.2) is 13.6 Å². The van der Waals surface area contributed by atoms with Crippen molar-refractivity contribution in [3.63, 3.8) is 0 Å². The van der Waals surface area contributed by atoms with Crippen LogP contribution < -0.4 is 4.74 Å². The van der Waals surface area contributed by atoms with E-state index in [9.17, 15) is 26.7 Å². The highest BCUT2D eigenvalue weighted by atomic mass is 79.9. The van der Waals surface area contributed by atoms with Crippen molar-refractivity contribution in [2.75, 3.05) is 0 Å². The third-order valence-electron chi connectivity index (χ3n) is 1.92. The summed E-state index contributed by atoms with van der Waals surface area (Å²) < 4.78 is 65.0. The smallest absolute Gasteiger partial charge is 0.478 e. The topological polar surface area (TPSA) is 59.4 Å². The standard InChI is InChI=1S/C9H5BrF5NO3/c10-1-3-2-16-5(7(11)12)6(4(3)8(17)18)19-9(13,14)15/h2,7H,1H2,(H,17,18). The number of alkyl halides is 6. The molecule has 1 aromatic rings. The van der Waals surface area contributed by atoms with Gasteiger partial charge in [-0.1, -0.05) is 15.9 Å². The number of aromatic carboxylic acids is 1. The van der Waals surface area contributed by atoms with E-state index in [1.165, 1.54) is 0 Å². The van der Waals surface area contributed by atoms with Crippen molar-refractivity contribution in [2.24, 2.45) is 0 Å². The van der Waals surface area contributed by atoms with Crippen LogP contribution in [0.1, 0.15) is 28.0 Å². The van der Waals surface area contributed by atoms with Crippen molar-refractivity contribution in [2.45, 2.75) is 18.1 Å². The molecule has 0 aromatic carbocycles. The summed E-state index contributed by atoms with van der Waals surface area (Å²) in [7, 11) is 0. The maximum absolute atomic E-state index is 12.6. The Labute approximate surface area is 111 Å². The van der Waals surface area contributed by atoms with Crippen LogP contribution in [0.25, 0.3) is 0 Å². The Morgan fingerprint density at radius 3 is 2.42 bits per heavy atom. The molecule has 1 heterocycles. The number of aromatic nitrogens is 1. The summed E-state index contributed by atoms with van der Waals surface area (Å²) in [6.07, 6.45) is -7.96. The number of carbonyl (C=O) groups is 1. The summed E-state index contributed by atoms with van der Waals surface area (Å²) in [5.41, 5.74) is -2.59. The average molecular weight is 350 g/mol. The van der Waals surface area contributed by atoms with Crippen LogP contribution in [0.2, 0.25) is 0 Å². The minimum Gasteiger partial charge on any atom is -0.478 e. The van der Waals surface area contributed by atoms with Gasteiger partial charge in [-0.3, -0.25) is 4.98 Å². The van der Waals surface area contributed by atoms with Crippen molar-refractivity contribution < 1.29 is 36.6 Å². The molecule has 0 radical (unpaired) electrons. The number of halogens is 6. The van der Waals surface area contributed by atoms with Crippen LogP contribution >= 0.6 is 15.9 Å². The maximum atomic E-state index is 12.6. The minimum atomic E-state index is -5.31. The van der Waals surface area contributed by atoms with Crippen LogP contribution in [-0.2, 0) is 5.33 Å². The summed E-state index contributed by atoms with van der Waals surface area (Å²) in [6.45, 7) is 0. The molecule has 0 aliphatic heterocycles. The highest BCUT2D eigenvalue weighted by Crippen LogP contribution is 2.36. The van der Waals surface area contributed by atoms with Gasteiger partial charge in [-0.15, -0.1) is 13.2 Å². The Bertz CT molecular complexity index is 491. The van der Waals surface area contributed by atoms with E-state index >= 15 is 0 Å². The van der Waals surface area contributed by atoms with Crippen LogP contribution in [0.4, 0.5) is 22.0 Å². The van der Waals surface area contributed by atoms with Crippen molar-refractivity contribution >= 4 is 21.9 Å². The van der Waals surface area contributed by atoms with Gasteiger partial charge in [-0.05, 0) is 5.56 Å². The largest absolute Gasteiger partial charge is 0.573 e. The van der Waals surface area contributed by atoms with E-state index in [1.807, 2.05) is 0 Å². The normalized spacial score (nSPS) is 11.7. The molecule has 0 aliphatic carbocycles. The molecule has 0 fully saturated rings. The Kier molecular flexibility index (Phi) is 4.66. The predicted molar refractivity (Wildman–Crippen MR) is 55.5 cm³/mol. The van der Waals surface area contributed by atoms with E-state index in [2.05, 4.69) is 25.7 Å². The van der Waals surface area contributed by atoms with Gasteiger partial charge >= 0.3 is 12.3 Å². The van der Waals surface area contributed by atoms with Gasteiger partial charge in [0.1, 0.15) is 11.3 Å². The Hall–Kier alpha value is -1.45.